The molecule has 798 valence electrons. The zero-order valence-electron chi connectivity index (χ0n) is 86.7. The van der Waals surface area contributed by atoms with E-state index in [1.807, 2.05) is 134 Å². The van der Waals surface area contributed by atoms with Crippen LogP contribution in [0.2, 0.25) is 10.0 Å². The molecule has 0 radical (unpaired) electrons. The maximum absolute atomic E-state index is 15.8. The van der Waals surface area contributed by atoms with Crippen molar-refractivity contribution in [3.8, 4) is 44.8 Å². The van der Waals surface area contributed by atoms with Crippen LogP contribution in [0, 0.1) is 25.5 Å². The number of piperazine rings is 3. The lowest BCUT2D eigenvalue weighted by atomic mass is 9.99. The van der Waals surface area contributed by atoms with E-state index in [4.69, 9.17) is 23.2 Å². The maximum atomic E-state index is 15.8. The van der Waals surface area contributed by atoms with Crippen LogP contribution in [-0.2, 0) is 59.4 Å². The minimum absolute atomic E-state index is 0.0914. The van der Waals surface area contributed by atoms with E-state index in [9.17, 15) is 50.5 Å². The molecule has 4 fully saturated rings. The Morgan fingerprint density at radius 2 is 0.718 bits per heavy atom. The highest BCUT2D eigenvalue weighted by molar-refractivity contribution is 7.99. The first-order chi connectivity index (χ1) is 70.6. The molecule has 149 heavy (non-hydrogen) atoms. The van der Waals surface area contributed by atoms with Gasteiger partial charge in [0, 0.05) is 247 Å². The summed E-state index contributed by atoms with van der Waals surface area (Å²) in [6, 6.07) is 67.4. The van der Waals surface area contributed by atoms with Crippen molar-refractivity contribution in [3.63, 3.8) is 0 Å². The number of anilines is 8. The van der Waals surface area contributed by atoms with Gasteiger partial charge in [-0.3, -0.25) is 14.3 Å². The summed E-state index contributed by atoms with van der Waals surface area (Å²) in [6.45, 7) is 32.3. The minimum Gasteiger partial charge on any atom is -0.380 e. The van der Waals surface area contributed by atoms with Crippen LogP contribution in [0.25, 0.3) is 44.8 Å². The highest BCUT2D eigenvalue weighted by Crippen LogP contribution is 2.48. The van der Waals surface area contributed by atoms with E-state index in [-0.39, 0.29) is 53.5 Å². The van der Waals surface area contributed by atoms with Gasteiger partial charge in [0.1, 0.15) is 11.6 Å². The molecule has 10 aromatic carbocycles. The molecule has 0 bridgehead atoms. The number of nitrogens with zero attached hydrogens (tertiary/aromatic N) is 9. The lowest BCUT2D eigenvalue weighted by molar-refractivity contribution is 0.107. The average Bonchev–Trinajstić information content (AvgIpc) is 1.58. The molecule has 4 aliphatic rings. The van der Waals surface area contributed by atoms with Crippen molar-refractivity contribution < 1.29 is 59.3 Å². The summed E-state index contributed by atoms with van der Waals surface area (Å²) in [5, 5.41) is 11.7. The van der Waals surface area contributed by atoms with Gasteiger partial charge in [-0.05, 0) is 286 Å². The molecule has 0 amide bonds. The maximum Gasteiger partial charge on any atom is 0.261 e. The van der Waals surface area contributed by atoms with Crippen LogP contribution in [0.5, 0.6) is 0 Å². The molecule has 0 aliphatic carbocycles. The molecular formula is C111H136Cl2F2N14O12S8. The number of sulfone groups is 4. The fourth-order valence-electron chi connectivity index (χ4n) is 20.5. The lowest BCUT2D eigenvalue weighted by Gasteiger charge is -2.37. The Hall–Kier alpha value is -10.2. The molecule has 2 atom stereocenters. The van der Waals surface area contributed by atoms with Crippen LogP contribution >= 0.6 is 46.7 Å². The van der Waals surface area contributed by atoms with Gasteiger partial charge in [0.05, 0.1) is 52.1 Å². The molecule has 0 spiro atoms. The second kappa shape index (κ2) is 48.4. The summed E-state index contributed by atoms with van der Waals surface area (Å²) in [5.41, 5.74) is 10.1. The molecule has 4 aliphatic heterocycles. The van der Waals surface area contributed by atoms with E-state index in [1.165, 1.54) is 61.0 Å². The number of likely N-dealkylation sites (tertiary alicyclic amines) is 1. The van der Waals surface area contributed by atoms with Crippen molar-refractivity contribution in [1.29, 1.82) is 0 Å². The fourth-order valence-corrected chi connectivity index (χ4v) is 29.2. The predicted octanol–water partition coefficient (Wildman–Crippen LogP) is 21.3. The van der Waals surface area contributed by atoms with Gasteiger partial charge >= 0.3 is 0 Å². The number of piperidine rings is 1. The number of thioether (sulfide) groups is 2. The van der Waals surface area contributed by atoms with E-state index < -0.39 is 71.0 Å². The smallest absolute Gasteiger partial charge is 0.261 e. The molecule has 38 heteroatoms. The number of aromatic nitrogens is 2. The van der Waals surface area contributed by atoms with E-state index in [2.05, 4.69) is 112 Å². The normalized spacial score (nSPS) is 15.7. The Bertz CT molecular complexity index is 7440. The van der Waals surface area contributed by atoms with Crippen molar-refractivity contribution in [1.82, 2.24) is 29.2 Å². The quantitative estimate of drug-likeness (QED) is 0.0224. The molecular weight excluding hydrogens is 2090 g/mol. The zero-order chi connectivity index (χ0) is 107. The molecule has 26 nitrogen and oxygen atoms in total. The fraction of sp³-hybridized carbons (Fsp3) is 0.387. The number of rotatable bonds is 39. The van der Waals surface area contributed by atoms with Crippen molar-refractivity contribution in [2.45, 2.75) is 176 Å². The van der Waals surface area contributed by atoms with Gasteiger partial charge in [-0.2, -0.15) is 0 Å². The third kappa shape index (κ3) is 28.7. The summed E-state index contributed by atoms with van der Waals surface area (Å²) in [4.78, 5) is 17.8. The molecule has 6 heterocycles. The Morgan fingerprint density at radius 3 is 1.05 bits per heavy atom. The summed E-state index contributed by atoms with van der Waals surface area (Å²) < 4.78 is 204. The van der Waals surface area contributed by atoms with E-state index >= 15 is 8.78 Å². The van der Waals surface area contributed by atoms with E-state index in [0.29, 0.717) is 171 Å². The number of nitrogens with one attached hydrogen (secondary N) is 5. The van der Waals surface area contributed by atoms with Crippen LogP contribution in [0.15, 0.2) is 270 Å². The van der Waals surface area contributed by atoms with Crippen LogP contribution in [0.1, 0.15) is 105 Å². The number of sulfonamides is 2. The minimum atomic E-state index is -4.21. The topological polar surface area (TPSA) is 298 Å². The largest absolute Gasteiger partial charge is 0.380 e. The van der Waals surface area contributed by atoms with Gasteiger partial charge in [-0.15, -0.1) is 23.5 Å². The number of halogens is 4. The highest BCUT2D eigenvalue weighted by Gasteiger charge is 2.36. The standard InChI is InChI=1S/C56H69ClFN7O6S4.C55H67ClFN7O6S4/c1-38(2)59-45-23-26-62(27-24-45)28-25-47(37-72-50-11-9-8-10-12-50)60-52-22-21-51(36-53(52)73(6,66)67)75(70,71)61-46-17-19-48(20-18-46)63-29-31-64(32-30-63)49-34-42(33-44(58)35-49)54-55(41-13-15-43(57)16-14-41)65(39(3)4)40(5)56(54)74(7,68)69;1-38(2)61-27-25-60(26-28-61)24-23-46(37-71-49-11-9-8-10-12-49)58-51-22-21-50(36-52(51)72(6,65)66)74(69,70)59-45-17-19-47(20-18-45)62-29-31-63(32-30-62)48-34-42(33-44(57)35-48)53-54(41-13-15-43(56)16-14-41)64(39(3)4)40(5)55(53)73(7,67)68/h8-22,33-36,38-39,45,47,59-61H,23-32,37H2,1-7H3;8-22,33-36,38-39,46,58-59H,23-32,37H2,1-7H3/t47-;46-/m11/s1. The van der Waals surface area contributed by atoms with Gasteiger partial charge in [0.2, 0.25) is 0 Å². The van der Waals surface area contributed by atoms with Gasteiger partial charge in [0.25, 0.3) is 20.0 Å². The number of hydrogen-bond acceptors (Lipinski definition) is 24. The number of hydrogen-bond donors (Lipinski definition) is 5. The van der Waals surface area contributed by atoms with Crippen LogP contribution in [0.3, 0.4) is 0 Å². The van der Waals surface area contributed by atoms with Crippen molar-refractivity contribution >= 4 is 152 Å². The zero-order valence-corrected chi connectivity index (χ0v) is 94.8. The monoisotopic (exact) mass is 2220 g/mol. The Kier molecular flexibility index (Phi) is 36.7. The first-order valence-corrected chi connectivity index (χ1v) is 63.7. The molecule has 12 aromatic rings. The summed E-state index contributed by atoms with van der Waals surface area (Å²) in [6.07, 6.45) is 8.23. The second-order valence-corrected chi connectivity index (χ2v) is 54.5. The Labute approximate surface area is 898 Å². The first-order valence-electron chi connectivity index (χ1n) is 50.4. The molecule has 4 saturated heterocycles. The molecule has 5 N–H and O–H groups in total. The van der Waals surface area contributed by atoms with Crippen molar-refractivity contribution in [2.24, 2.45) is 0 Å². The van der Waals surface area contributed by atoms with E-state index in [1.54, 1.807) is 98.0 Å². The SMILES string of the molecule is Cc1c(S(C)(=O)=O)c(-c2cc(F)cc(N3CCN(c4ccc(NS(=O)(=O)c5ccc(N[C@H](CCN6CCC(NC(C)C)CC6)CSc6ccccc6)c(S(C)(=O)=O)c5)cc4)CC3)c2)c(-c2ccc(Cl)cc2)n1C(C)C.Cc1c(S(C)(=O)=O)c(-c2cc(F)cc(N3CCN(c4ccc(NS(=O)(=O)c5ccc(N[C@H](CCN6CCN(C(C)C)CC6)CSc6ccccc6)c(S(C)(=O)=O)c5)cc4)CC3)c2)c(-c2ccc(Cl)cc2)n1C(C)C. The molecule has 0 unspecified atom stereocenters. The Balaban J connectivity index is 0.000000223. The van der Waals surface area contributed by atoms with Crippen molar-refractivity contribution in [2.75, 3.05) is 181 Å². The lowest BCUT2D eigenvalue weighted by Crippen LogP contribution is -2.49. The van der Waals surface area contributed by atoms with Gasteiger partial charge in [-0.1, -0.05) is 97.7 Å². The molecule has 2 aromatic heterocycles. The average molecular weight is 2220 g/mol. The summed E-state index contributed by atoms with van der Waals surface area (Å²) >= 11 is 15.9. The molecule has 0 saturated carbocycles. The second-order valence-electron chi connectivity index (χ2n) is 40.2. The predicted molar refractivity (Wildman–Crippen MR) is 609 cm³/mol. The highest BCUT2D eigenvalue weighted by atomic mass is 35.5. The third-order valence-electron chi connectivity index (χ3n) is 27.7. The van der Waals surface area contributed by atoms with Crippen molar-refractivity contribution in [3.05, 3.63) is 264 Å². The molecule has 16 rings (SSSR count). The number of benzene rings is 10. The van der Waals surface area contributed by atoms with Crippen LogP contribution < -0.4 is 45.0 Å². The van der Waals surface area contributed by atoms with Gasteiger partial charge < -0.3 is 54.5 Å². The Morgan fingerprint density at radius 1 is 0.369 bits per heavy atom. The van der Waals surface area contributed by atoms with Crippen LogP contribution in [0.4, 0.5) is 54.3 Å². The van der Waals surface area contributed by atoms with Gasteiger partial charge in [-0.25, -0.2) is 59.3 Å². The van der Waals surface area contributed by atoms with Gasteiger partial charge in [0.15, 0.2) is 39.3 Å². The summed E-state index contributed by atoms with van der Waals surface area (Å²) in [7, 11) is -23.7. The first kappa shape index (κ1) is 113. The summed E-state index contributed by atoms with van der Waals surface area (Å²) in [5.74, 6) is 0.372. The van der Waals surface area contributed by atoms with E-state index in [0.717, 1.165) is 123 Å². The third-order valence-corrected chi connectivity index (χ3v) is 38.1. The van der Waals surface area contributed by atoms with Crippen LogP contribution in [-0.4, -0.2) is 246 Å².